The molecule has 1 aliphatic heterocycles. The molecule has 3 atom stereocenters. The minimum atomic E-state index is 0.574. The lowest BCUT2D eigenvalue weighted by atomic mass is 9.88. The number of nitrogens with zero attached hydrogens (tertiary/aromatic N) is 1. The van der Waals surface area contributed by atoms with Crippen molar-refractivity contribution in [2.45, 2.75) is 69.4 Å². The van der Waals surface area contributed by atoms with Gasteiger partial charge in [0, 0.05) is 23.7 Å². The summed E-state index contributed by atoms with van der Waals surface area (Å²) in [7, 11) is 0. The smallest absolute Gasteiger partial charge is 0.198 e. The number of hydrogen-bond donors (Lipinski definition) is 2. The molecule has 4 nitrogen and oxygen atoms in total. The van der Waals surface area contributed by atoms with Gasteiger partial charge in [-0.3, -0.25) is 0 Å². The molecule has 2 aromatic rings. The molecule has 0 amide bonds. The number of hydrogen-bond acceptors (Lipinski definition) is 4. The van der Waals surface area contributed by atoms with Crippen LogP contribution in [0.5, 0.6) is 0 Å². The molecule has 2 heterocycles. The molecule has 4 heteroatoms. The Morgan fingerprint density at radius 1 is 1.04 bits per heavy atom. The van der Waals surface area contributed by atoms with Crippen LogP contribution in [0, 0.1) is 5.92 Å². The summed E-state index contributed by atoms with van der Waals surface area (Å²) in [6.07, 6.45) is 10.5. The van der Waals surface area contributed by atoms with Crippen LogP contribution >= 0.6 is 0 Å². The topological polar surface area (TPSA) is 50.1 Å². The Hall–Kier alpha value is -1.55. The largest absolute Gasteiger partial charge is 0.440 e. The molecule has 5 rings (SSSR count). The molecule has 2 saturated carbocycles. The van der Waals surface area contributed by atoms with Crippen molar-refractivity contribution in [3.05, 3.63) is 24.1 Å². The van der Waals surface area contributed by atoms with E-state index in [0.29, 0.717) is 18.0 Å². The number of anilines is 1. The molecule has 1 aromatic heterocycles. The molecule has 0 bridgehead atoms. The first-order valence-corrected chi connectivity index (χ1v) is 9.77. The zero-order valence-electron chi connectivity index (χ0n) is 14.3. The van der Waals surface area contributed by atoms with Crippen LogP contribution in [0.3, 0.4) is 0 Å². The highest BCUT2D eigenvalue weighted by Gasteiger charge is 2.34. The van der Waals surface area contributed by atoms with Gasteiger partial charge >= 0.3 is 0 Å². The molecular formula is C20H27N3O. The van der Waals surface area contributed by atoms with Crippen molar-refractivity contribution in [3.8, 4) is 0 Å². The summed E-state index contributed by atoms with van der Waals surface area (Å²) < 4.78 is 5.88. The Balaban J connectivity index is 1.33. The van der Waals surface area contributed by atoms with E-state index in [1.54, 1.807) is 0 Å². The summed E-state index contributed by atoms with van der Waals surface area (Å²) in [5, 5.41) is 7.57. The van der Waals surface area contributed by atoms with Crippen molar-refractivity contribution >= 4 is 16.8 Å². The van der Waals surface area contributed by atoms with Crippen molar-refractivity contribution in [1.82, 2.24) is 10.3 Å². The number of piperidine rings is 1. The molecule has 2 aliphatic carbocycles. The Bertz CT molecular complexity index is 715. The van der Waals surface area contributed by atoms with Crippen LogP contribution in [-0.4, -0.2) is 23.6 Å². The monoisotopic (exact) mass is 325 g/mol. The third kappa shape index (κ3) is 2.81. The first-order chi connectivity index (χ1) is 11.9. The van der Waals surface area contributed by atoms with E-state index in [2.05, 4.69) is 28.8 Å². The fraction of sp³-hybridized carbons (Fsp3) is 0.650. The van der Waals surface area contributed by atoms with Gasteiger partial charge in [0.2, 0.25) is 0 Å². The van der Waals surface area contributed by atoms with Gasteiger partial charge in [-0.2, -0.15) is 0 Å². The molecular weight excluding hydrogens is 298 g/mol. The van der Waals surface area contributed by atoms with Crippen LogP contribution in [0.15, 0.2) is 22.6 Å². The quantitative estimate of drug-likeness (QED) is 0.873. The van der Waals surface area contributed by atoms with Gasteiger partial charge < -0.3 is 15.1 Å². The zero-order valence-corrected chi connectivity index (χ0v) is 14.3. The van der Waals surface area contributed by atoms with E-state index in [0.717, 1.165) is 22.9 Å². The molecule has 24 heavy (non-hydrogen) atoms. The number of rotatable bonds is 4. The van der Waals surface area contributed by atoms with Crippen LogP contribution in [-0.2, 0) is 0 Å². The van der Waals surface area contributed by atoms with Gasteiger partial charge in [0.05, 0.1) is 0 Å². The molecule has 1 aromatic carbocycles. The number of oxazole rings is 1. The van der Waals surface area contributed by atoms with Crippen LogP contribution in [0.25, 0.3) is 11.1 Å². The molecule has 0 spiro atoms. The summed E-state index contributed by atoms with van der Waals surface area (Å²) in [6, 6.07) is 7.71. The zero-order chi connectivity index (χ0) is 15.9. The highest BCUT2D eigenvalue weighted by atomic mass is 16.3. The summed E-state index contributed by atoms with van der Waals surface area (Å²) in [6.45, 7) is 1.20. The van der Waals surface area contributed by atoms with Crippen molar-refractivity contribution in [3.63, 3.8) is 0 Å². The molecule has 3 aliphatic rings. The first kappa shape index (κ1) is 14.8. The second-order valence-electron chi connectivity index (χ2n) is 7.91. The molecule has 0 radical (unpaired) electrons. The summed E-state index contributed by atoms with van der Waals surface area (Å²) in [5.41, 5.74) is 3.14. The van der Waals surface area contributed by atoms with E-state index in [1.807, 2.05) is 0 Å². The van der Waals surface area contributed by atoms with Crippen LogP contribution < -0.4 is 10.6 Å². The predicted molar refractivity (Wildman–Crippen MR) is 96.4 cm³/mol. The van der Waals surface area contributed by atoms with Crippen molar-refractivity contribution in [2.75, 3.05) is 11.9 Å². The average Bonchev–Trinajstić information content (AvgIpc) is 3.22. The van der Waals surface area contributed by atoms with Gasteiger partial charge in [-0.05, 0) is 69.2 Å². The maximum Gasteiger partial charge on any atom is 0.198 e. The van der Waals surface area contributed by atoms with E-state index in [4.69, 9.17) is 9.40 Å². The van der Waals surface area contributed by atoms with E-state index in [-0.39, 0.29) is 0 Å². The van der Waals surface area contributed by atoms with Crippen LogP contribution in [0.2, 0.25) is 0 Å². The van der Waals surface area contributed by atoms with E-state index in [9.17, 15) is 0 Å². The van der Waals surface area contributed by atoms with Crippen LogP contribution in [0.1, 0.15) is 63.2 Å². The number of fused-ring (bicyclic) bond motifs is 1. The van der Waals surface area contributed by atoms with Gasteiger partial charge in [0.15, 0.2) is 11.5 Å². The normalized spacial score (nSPS) is 30.8. The second-order valence-corrected chi connectivity index (χ2v) is 7.91. The number of nitrogens with one attached hydrogen (secondary N) is 2. The third-order valence-electron chi connectivity index (χ3n) is 6.12. The molecule has 3 unspecified atom stereocenters. The molecule has 128 valence electrons. The Kier molecular flexibility index (Phi) is 3.73. The minimum absolute atomic E-state index is 0.574. The standard InChI is InChI=1S/C20H27N3O/c1-2-11-21-16(5-1)15-4-3-6-17(15)22-14-9-10-19-18(12-14)23-20(24-19)13-7-8-13/h9-10,12-13,15-17,21-22H,1-8,11H2. The van der Waals surface area contributed by atoms with Crippen molar-refractivity contribution in [1.29, 1.82) is 0 Å². The highest BCUT2D eigenvalue weighted by Crippen LogP contribution is 2.41. The fourth-order valence-electron chi connectivity index (χ4n) is 4.65. The lowest BCUT2D eigenvalue weighted by Gasteiger charge is -2.33. The maximum atomic E-state index is 5.88. The molecule has 3 fully saturated rings. The molecule has 2 N–H and O–H groups in total. The highest BCUT2D eigenvalue weighted by molar-refractivity contribution is 5.77. The van der Waals surface area contributed by atoms with Gasteiger partial charge in [0.1, 0.15) is 5.52 Å². The summed E-state index contributed by atoms with van der Waals surface area (Å²) in [4.78, 5) is 4.70. The van der Waals surface area contributed by atoms with Crippen molar-refractivity contribution in [2.24, 2.45) is 5.92 Å². The average molecular weight is 325 g/mol. The lowest BCUT2D eigenvalue weighted by molar-refractivity contribution is 0.286. The SMILES string of the molecule is c1cc2oc(C3CC3)nc2cc1NC1CCCC1C1CCCCN1. The number of aromatic nitrogens is 1. The second kappa shape index (κ2) is 6.07. The Morgan fingerprint density at radius 2 is 2.00 bits per heavy atom. The predicted octanol–water partition coefficient (Wildman–Crippen LogP) is 4.43. The number of benzene rings is 1. The van der Waals surface area contributed by atoms with E-state index >= 15 is 0 Å². The fourth-order valence-corrected chi connectivity index (χ4v) is 4.65. The van der Waals surface area contributed by atoms with E-state index < -0.39 is 0 Å². The van der Waals surface area contributed by atoms with Gasteiger partial charge in [-0.1, -0.05) is 12.8 Å². The van der Waals surface area contributed by atoms with Crippen molar-refractivity contribution < 1.29 is 4.42 Å². The third-order valence-corrected chi connectivity index (χ3v) is 6.12. The minimum Gasteiger partial charge on any atom is -0.440 e. The summed E-state index contributed by atoms with van der Waals surface area (Å²) in [5.74, 6) is 2.28. The Morgan fingerprint density at radius 3 is 2.83 bits per heavy atom. The van der Waals surface area contributed by atoms with Gasteiger partial charge in [0.25, 0.3) is 0 Å². The molecule has 1 saturated heterocycles. The maximum absolute atomic E-state index is 5.88. The van der Waals surface area contributed by atoms with Gasteiger partial charge in [-0.25, -0.2) is 4.98 Å². The Labute approximate surface area is 143 Å². The van der Waals surface area contributed by atoms with Crippen LogP contribution in [0.4, 0.5) is 5.69 Å². The summed E-state index contributed by atoms with van der Waals surface area (Å²) >= 11 is 0. The lowest BCUT2D eigenvalue weighted by Crippen LogP contribution is -2.44. The van der Waals surface area contributed by atoms with E-state index in [1.165, 1.54) is 63.6 Å². The van der Waals surface area contributed by atoms with Gasteiger partial charge in [-0.15, -0.1) is 0 Å². The first-order valence-electron chi connectivity index (χ1n) is 9.77.